The van der Waals surface area contributed by atoms with Gasteiger partial charge < -0.3 is 20.1 Å². The molecule has 2 heterocycles. The van der Waals surface area contributed by atoms with Crippen LogP contribution in [0, 0.1) is 5.41 Å². The van der Waals surface area contributed by atoms with E-state index in [1.165, 1.54) is 0 Å². The third kappa shape index (κ3) is 4.41. The van der Waals surface area contributed by atoms with Gasteiger partial charge >= 0.3 is 5.97 Å². The normalized spacial score (nSPS) is 23.0. The van der Waals surface area contributed by atoms with Gasteiger partial charge in [0.2, 0.25) is 5.91 Å². The minimum absolute atomic E-state index is 0.0800. The van der Waals surface area contributed by atoms with E-state index in [2.05, 4.69) is 5.32 Å². The molecular weight excluding hydrogens is 272 g/mol. The lowest BCUT2D eigenvalue weighted by atomic mass is 9.80. The number of ether oxygens (including phenoxy) is 1. The number of aliphatic carboxylic acids is 1. The third-order valence-corrected chi connectivity index (χ3v) is 4.69. The third-order valence-electron chi connectivity index (χ3n) is 4.69. The van der Waals surface area contributed by atoms with E-state index in [0.29, 0.717) is 39.0 Å². The van der Waals surface area contributed by atoms with Gasteiger partial charge in [-0.15, -0.1) is 0 Å². The molecule has 0 aromatic heterocycles. The molecule has 2 aliphatic heterocycles. The standard InChI is InChI=1S/C15H26N2O4/c1-15(14(19)20)5-9-17(10-6-15)13(18)4-11-21-12-2-7-16-8-3-12/h12,16H,2-11H2,1H3,(H,19,20). The number of carbonyl (C=O) groups excluding carboxylic acids is 1. The highest BCUT2D eigenvalue weighted by Gasteiger charge is 2.37. The van der Waals surface area contributed by atoms with Crippen molar-refractivity contribution in [1.82, 2.24) is 10.2 Å². The molecule has 0 bridgehead atoms. The Bertz CT molecular complexity index is 372. The second-order valence-electron chi connectivity index (χ2n) is 6.32. The lowest BCUT2D eigenvalue weighted by Gasteiger charge is -2.36. The van der Waals surface area contributed by atoms with Crippen molar-refractivity contribution in [3.8, 4) is 0 Å². The maximum absolute atomic E-state index is 12.1. The molecule has 6 nitrogen and oxygen atoms in total. The van der Waals surface area contributed by atoms with Crippen LogP contribution in [0.15, 0.2) is 0 Å². The monoisotopic (exact) mass is 298 g/mol. The minimum atomic E-state index is -0.760. The van der Waals surface area contributed by atoms with Crippen LogP contribution in [0.25, 0.3) is 0 Å². The highest BCUT2D eigenvalue weighted by Crippen LogP contribution is 2.31. The van der Waals surface area contributed by atoms with Gasteiger partial charge in [0.25, 0.3) is 0 Å². The van der Waals surface area contributed by atoms with Crippen molar-refractivity contribution in [2.75, 3.05) is 32.8 Å². The number of nitrogens with zero attached hydrogens (tertiary/aromatic N) is 1. The Labute approximate surface area is 125 Å². The van der Waals surface area contributed by atoms with Crippen molar-refractivity contribution in [3.05, 3.63) is 0 Å². The van der Waals surface area contributed by atoms with E-state index < -0.39 is 11.4 Å². The van der Waals surface area contributed by atoms with Gasteiger partial charge in [-0.25, -0.2) is 0 Å². The Kier molecular flexibility index (Phi) is 5.58. The maximum atomic E-state index is 12.1. The van der Waals surface area contributed by atoms with Gasteiger partial charge in [0.1, 0.15) is 0 Å². The van der Waals surface area contributed by atoms with E-state index in [4.69, 9.17) is 4.74 Å². The summed E-state index contributed by atoms with van der Waals surface area (Å²) in [6, 6.07) is 0. The average Bonchev–Trinajstić information content (AvgIpc) is 2.49. The van der Waals surface area contributed by atoms with E-state index in [1.807, 2.05) is 0 Å². The predicted molar refractivity (Wildman–Crippen MR) is 78.0 cm³/mol. The van der Waals surface area contributed by atoms with Gasteiger partial charge in [-0.3, -0.25) is 9.59 Å². The number of hydrogen-bond acceptors (Lipinski definition) is 4. The first-order chi connectivity index (χ1) is 10.0. The van der Waals surface area contributed by atoms with Gasteiger partial charge in [0.05, 0.1) is 24.5 Å². The molecule has 0 atom stereocenters. The Morgan fingerprint density at radius 1 is 1.29 bits per heavy atom. The summed E-state index contributed by atoms with van der Waals surface area (Å²) in [6.07, 6.45) is 3.75. The Morgan fingerprint density at radius 3 is 2.48 bits per heavy atom. The van der Waals surface area contributed by atoms with Crippen LogP contribution in [0.4, 0.5) is 0 Å². The summed E-state index contributed by atoms with van der Waals surface area (Å²) in [5, 5.41) is 12.5. The van der Waals surface area contributed by atoms with Crippen molar-refractivity contribution < 1.29 is 19.4 Å². The first-order valence-corrected chi connectivity index (χ1v) is 7.85. The van der Waals surface area contributed by atoms with Gasteiger partial charge in [0, 0.05) is 13.1 Å². The van der Waals surface area contributed by atoms with E-state index in [0.717, 1.165) is 25.9 Å². The molecule has 1 amide bonds. The molecular formula is C15H26N2O4. The quantitative estimate of drug-likeness (QED) is 0.787. The number of nitrogens with one attached hydrogen (secondary N) is 1. The van der Waals surface area contributed by atoms with Crippen LogP contribution >= 0.6 is 0 Å². The summed E-state index contributed by atoms with van der Waals surface area (Å²) in [5.41, 5.74) is -0.678. The molecule has 0 aliphatic carbocycles. The van der Waals surface area contributed by atoms with Gasteiger partial charge in [-0.05, 0) is 45.7 Å². The fraction of sp³-hybridized carbons (Fsp3) is 0.867. The van der Waals surface area contributed by atoms with E-state index in [9.17, 15) is 14.7 Å². The molecule has 2 rings (SSSR count). The fourth-order valence-corrected chi connectivity index (χ4v) is 2.90. The van der Waals surface area contributed by atoms with Crippen molar-refractivity contribution in [2.45, 2.75) is 45.1 Å². The summed E-state index contributed by atoms with van der Waals surface area (Å²) in [6.45, 7) is 5.27. The fourth-order valence-electron chi connectivity index (χ4n) is 2.90. The average molecular weight is 298 g/mol. The summed E-state index contributed by atoms with van der Waals surface area (Å²) >= 11 is 0. The number of carboxylic acid groups (broad SMARTS) is 1. The van der Waals surface area contributed by atoms with Crippen LogP contribution in [0.5, 0.6) is 0 Å². The van der Waals surface area contributed by atoms with Crippen LogP contribution in [0.1, 0.15) is 39.0 Å². The van der Waals surface area contributed by atoms with Crippen LogP contribution in [-0.2, 0) is 14.3 Å². The molecule has 0 unspecified atom stereocenters. The Hall–Kier alpha value is -1.14. The van der Waals surface area contributed by atoms with Crippen LogP contribution < -0.4 is 5.32 Å². The van der Waals surface area contributed by atoms with Crippen LogP contribution in [0.2, 0.25) is 0 Å². The first-order valence-electron chi connectivity index (χ1n) is 7.85. The molecule has 120 valence electrons. The van der Waals surface area contributed by atoms with E-state index in [1.54, 1.807) is 11.8 Å². The molecule has 0 saturated carbocycles. The smallest absolute Gasteiger partial charge is 0.309 e. The van der Waals surface area contributed by atoms with Crippen molar-refractivity contribution in [3.63, 3.8) is 0 Å². The second-order valence-corrected chi connectivity index (χ2v) is 6.32. The maximum Gasteiger partial charge on any atom is 0.309 e. The lowest BCUT2D eigenvalue weighted by molar-refractivity contribution is -0.153. The zero-order chi connectivity index (χ0) is 15.3. The number of amides is 1. The van der Waals surface area contributed by atoms with E-state index >= 15 is 0 Å². The number of carbonyl (C=O) groups is 2. The van der Waals surface area contributed by atoms with E-state index in [-0.39, 0.29) is 12.0 Å². The lowest BCUT2D eigenvalue weighted by Crippen LogP contribution is -2.45. The van der Waals surface area contributed by atoms with Crippen molar-refractivity contribution >= 4 is 11.9 Å². The molecule has 0 aromatic carbocycles. The minimum Gasteiger partial charge on any atom is -0.481 e. The molecule has 21 heavy (non-hydrogen) atoms. The molecule has 0 radical (unpaired) electrons. The Balaban J connectivity index is 1.66. The van der Waals surface area contributed by atoms with Crippen molar-refractivity contribution in [1.29, 1.82) is 0 Å². The van der Waals surface area contributed by atoms with Gasteiger partial charge in [-0.2, -0.15) is 0 Å². The molecule has 2 saturated heterocycles. The number of rotatable bonds is 5. The molecule has 0 spiro atoms. The first kappa shape index (κ1) is 16.2. The summed E-state index contributed by atoms with van der Waals surface area (Å²) in [7, 11) is 0. The van der Waals surface area contributed by atoms with Crippen LogP contribution in [-0.4, -0.2) is 60.8 Å². The van der Waals surface area contributed by atoms with Crippen LogP contribution in [0.3, 0.4) is 0 Å². The Morgan fingerprint density at radius 2 is 1.90 bits per heavy atom. The second kappa shape index (κ2) is 7.22. The summed E-state index contributed by atoms with van der Waals surface area (Å²) < 4.78 is 5.74. The highest BCUT2D eigenvalue weighted by atomic mass is 16.5. The molecule has 2 aliphatic rings. The predicted octanol–water partition coefficient (Wildman–Crippen LogP) is 0.858. The summed E-state index contributed by atoms with van der Waals surface area (Å²) in [4.78, 5) is 25.1. The molecule has 0 aromatic rings. The zero-order valence-electron chi connectivity index (χ0n) is 12.8. The number of carboxylic acids is 1. The SMILES string of the molecule is CC1(C(=O)O)CCN(C(=O)CCOC2CCNCC2)CC1. The van der Waals surface area contributed by atoms with Gasteiger partial charge in [0.15, 0.2) is 0 Å². The number of hydrogen-bond donors (Lipinski definition) is 2. The molecule has 2 fully saturated rings. The highest BCUT2D eigenvalue weighted by molar-refractivity contribution is 5.78. The molecule has 6 heteroatoms. The topological polar surface area (TPSA) is 78.9 Å². The largest absolute Gasteiger partial charge is 0.481 e. The number of piperidine rings is 2. The summed E-state index contributed by atoms with van der Waals surface area (Å²) in [5.74, 6) is -0.680. The zero-order valence-corrected chi connectivity index (χ0v) is 12.8. The number of likely N-dealkylation sites (tertiary alicyclic amines) is 1. The van der Waals surface area contributed by atoms with Crippen molar-refractivity contribution in [2.24, 2.45) is 5.41 Å². The molecule has 2 N–H and O–H groups in total. The van der Waals surface area contributed by atoms with Gasteiger partial charge in [-0.1, -0.05) is 0 Å².